The van der Waals surface area contributed by atoms with E-state index < -0.39 is 5.91 Å². The van der Waals surface area contributed by atoms with Crippen LogP contribution in [-0.2, 0) is 11.8 Å². The minimum Gasteiger partial charge on any atom is -0.462 e. The third-order valence-corrected chi connectivity index (χ3v) is 3.30. The highest BCUT2D eigenvalue weighted by atomic mass is 16.5. The van der Waals surface area contributed by atoms with Gasteiger partial charge >= 0.3 is 5.97 Å². The molecule has 126 valence electrons. The number of aromatic nitrogens is 2. The van der Waals surface area contributed by atoms with Crippen LogP contribution in [0.3, 0.4) is 0 Å². The van der Waals surface area contributed by atoms with Crippen molar-refractivity contribution >= 4 is 17.6 Å². The molecule has 1 N–H and O–H groups in total. The lowest BCUT2D eigenvalue weighted by molar-refractivity contribution is 0.0499. The fraction of sp³-hybridized carbons (Fsp3) is 0.294. The number of benzene rings is 1. The molecule has 0 saturated heterocycles. The lowest BCUT2D eigenvalue weighted by atomic mass is 10.2. The number of esters is 1. The van der Waals surface area contributed by atoms with Crippen LogP contribution in [0, 0.1) is 0 Å². The van der Waals surface area contributed by atoms with Crippen LogP contribution in [0.4, 0.5) is 5.69 Å². The highest BCUT2D eigenvalue weighted by Gasteiger charge is 2.10. The molecule has 1 aromatic heterocycles. The first-order valence-electron chi connectivity index (χ1n) is 7.64. The Hall–Kier alpha value is -2.96. The van der Waals surface area contributed by atoms with Gasteiger partial charge in [0.1, 0.15) is 5.69 Å². The SMILES string of the molecule is CCCCOC(=O)c1ccc(NC(=O)c2ccc(=O)n(C)n2)cc1. The summed E-state index contributed by atoms with van der Waals surface area (Å²) in [5.74, 6) is -0.829. The first-order valence-corrected chi connectivity index (χ1v) is 7.64. The summed E-state index contributed by atoms with van der Waals surface area (Å²) in [5.41, 5.74) is 0.766. The third-order valence-electron chi connectivity index (χ3n) is 3.30. The van der Waals surface area contributed by atoms with Crippen molar-refractivity contribution in [3.05, 3.63) is 58.0 Å². The van der Waals surface area contributed by atoms with Crippen LogP contribution in [0.15, 0.2) is 41.2 Å². The summed E-state index contributed by atoms with van der Waals surface area (Å²) in [6.07, 6.45) is 1.78. The van der Waals surface area contributed by atoms with E-state index in [0.29, 0.717) is 17.9 Å². The first kappa shape index (κ1) is 17.4. The predicted octanol–water partition coefficient (Wildman–Crippen LogP) is 1.99. The van der Waals surface area contributed by atoms with Crippen LogP contribution < -0.4 is 10.9 Å². The minimum atomic E-state index is -0.441. The Bertz CT molecular complexity index is 781. The molecule has 0 unspecified atom stereocenters. The van der Waals surface area contributed by atoms with Gasteiger partial charge in [-0.2, -0.15) is 5.10 Å². The second-order valence-electron chi connectivity index (χ2n) is 5.20. The Morgan fingerprint density at radius 2 is 1.88 bits per heavy atom. The molecule has 24 heavy (non-hydrogen) atoms. The van der Waals surface area contributed by atoms with Crippen LogP contribution in [-0.4, -0.2) is 28.3 Å². The lowest BCUT2D eigenvalue weighted by Crippen LogP contribution is -2.23. The van der Waals surface area contributed by atoms with Gasteiger partial charge in [-0.1, -0.05) is 13.3 Å². The summed E-state index contributed by atoms with van der Waals surface area (Å²) in [7, 11) is 1.47. The van der Waals surface area contributed by atoms with Crippen molar-refractivity contribution in [3.8, 4) is 0 Å². The Balaban J connectivity index is 2.00. The molecule has 1 aromatic carbocycles. The fourth-order valence-electron chi connectivity index (χ4n) is 1.90. The van der Waals surface area contributed by atoms with Gasteiger partial charge in [-0.15, -0.1) is 0 Å². The molecule has 0 aliphatic heterocycles. The summed E-state index contributed by atoms with van der Waals surface area (Å²) < 4.78 is 6.20. The van der Waals surface area contributed by atoms with E-state index in [1.165, 1.54) is 19.2 Å². The molecule has 0 fully saturated rings. The van der Waals surface area contributed by atoms with Gasteiger partial charge in [0.2, 0.25) is 0 Å². The maximum Gasteiger partial charge on any atom is 0.338 e. The summed E-state index contributed by atoms with van der Waals surface area (Å²) in [4.78, 5) is 35.2. The Morgan fingerprint density at radius 1 is 1.17 bits per heavy atom. The first-order chi connectivity index (χ1) is 11.5. The molecule has 0 atom stereocenters. The lowest BCUT2D eigenvalue weighted by Gasteiger charge is -2.07. The van der Waals surface area contributed by atoms with E-state index in [-0.39, 0.29) is 17.2 Å². The Kier molecular flexibility index (Phi) is 5.83. The smallest absolute Gasteiger partial charge is 0.338 e. The number of amides is 1. The number of carbonyl (C=O) groups is 2. The van der Waals surface area contributed by atoms with E-state index in [4.69, 9.17) is 4.74 Å². The molecular weight excluding hydrogens is 310 g/mol. The summed E-state index contributed by atoms with van der Waals surface area (Å²) >= 11 is 0. The second kappa shape index (κ2) is 8.05. The van der Waals surface area contributed by atoms with E-state index >= 15 is 0 Å². The number of ether oxygens (including phenoxy) is 1. The minimum absolute atomic E-state index is 0.125. The second-order valence-corrected chi connectivity index (χ2v) is 5.20. The molecule has 0 saturated carbocycles. The van der Waals surface area contributed by atoms with Gasteiger partial charge in [0.05, 0.1) is 12.2 Å². The van der Waals surface area contributed by atoms with E-state index in [2.05, 4.69) is 10.4 Å². The molecule has 0 radical (unpaired) electrons. The number of unbranched alkanes of at least 4 members (excludes halogenated alkanes) is 1. The fourth-order valence-corrected chi connectivity index (χ4v) is 1.90. The molecule has 7 heteroatoms. The van der Waals surface area contributed by atoms with E-state index in [0.717, 1.165) is 17.5 Å². The van der Waals surface area contributed by atoms with Gasteiger partial charge in [-0.25, -0.2) is 9.48 Å². The zero-order chi connectivity index (χ0) is 17.5. The normalized spacial score (nSPS) is 10.2. The Labute approximate surface area is 139 Å². The summed E-state index contributed by atoms with van der Waals surface area (Å²) in [6.45, 7) is 2.41. The average Bonchev–Trinajstić information content (AvgIpc) is 2.58. The molecule has 1 amide bonds. The zero-order valence-electron chi connectivity index (χ0n) is 13.6. The molecule has 0 aliphatic carbocycles. The van der Waals surface area contributed by atoms with Gasteiger partial charge in [0, 0.05) is 18.8 Å². The Morgan fingerprint density at radius 3 is 2.50 bits per heavy atom. The number of nitrogens with zero attached hydrogens (tertiary/aromatic N) is 2. The van der Waals surface area contributed by atoms with Gasteiger partial charge in [-0.05, 0) is 36.8 Å². The van der Waals surface area contributed by atoms with Crippen molar-refractivity contribution in [3.63, 3.8) is 0 Å². The number of carbonyl (C=O) groups excluding carboxylic acids is 2. The van der Waals surface area contributed by atoms with Crippen LogP contribution in [0.2, 0.25) is 0 Å². The van der Waals surface area contributed by atoms with E-state index in [9.17, 15) is 14.4 Å². The van der Waals surface area contributed by atoms with Crippen molar-refractivity contribution in [2.24, 2.45) is 7.05 Å². The maximum absolute atomic E-state index is 12.1. The van der Waals surface area contributed by atoms with Crippen molar-refractivity contribution in [2.45, 2.75) is 19.8 Å². The van der Waals surface area contributed by atoms with Crippen molar-refractivity contribution in [2.75, 3.05) is 11.9 Å². The predicted molar refractivity (Wildman–Crippen MR) is 89.1 cm³/mol. The van der Waals surface area contributed by atoms with Gasteiger partial charge in [-0.3, -0.25) is 9.59 Å². The van der Waals surface area contributed by atoms with Gasteiger partial charge in [0.25, 0.3) is 11.5 Å². The molecule has 7 nitrogen and oxygen atoms in total. The quantitative estimate of drug-likeness (QED) is 0.646. The number of hydrogen-bond donors (Lipinski definition) is 1. The highest BCUT2D eigenvalue weighted by Crippen LogP contribution is 2.12. The highest BCUT2D eigenvalue weighted by molar-refractivity contribution is 6.03. The topological polar surface area (TPSA) is 90.3 Å². The number of anilines is 1. The average molecular weight is 329 g/mol. The number of nitrogens with one attached hydrogen (secondary N) is 1. The van der Waals surface area contributed by atoms with Gasteiger partial charge < -0.3 is 10.1 Å². The summed E-state index contributed by atoms with van der Waals surface area (Å²) in [6, 6.07) is 9.01. The standard InChI is InChI=1S/C17H19N3O4/c1-3-4-11-24-17(23)12-5-7-13(8-6-12)18-16(22)14-9-10-15(21)20(2)19-14/h5-10H,3-4,11H2,1-2H3,(H,18,22). The summed E-state index contributed by atoms with van der Waals surface area (Å²) in [5, 5.41) is 6.53. The van der Waals surface area contributed by atoms with E-state index in [1.54, 1.807) is 24.3 Å². The van der Waals surface area contributed by atoms with Crippen molar-refractivity contribution < 1.29 is 14.3 Å². The molecule has 2 aromatic rings. The van der Waals surface area contributed by atoms with Gasteiger partial charge in [0.15, 0.2) is 0 Å². The molecule has 0 spiro atoms. The van der Waals surface area contributed by atoms with Crippen LogP contribution in [0.5, 0.6) is 0 Å². The number of hydrogen-bond acceptors (Lipinski definition) is 5. The van der Waals surface area contributed by atoms with E-state index in [1.807, 2.05) is 6.92 Å². The van der Waals surface area contributed by atoms with Crippen molar-refractivity contribution in [1.82, 2.24) is 9.78 Å². The molecule has 1 heterocycles. The molecule has 0 aliphatic rings. The maximum atomic E-state index is 12.1. The largest absolute Gasteiger partial charge is 0.462 e. The molecular formula is C17H19N3O4. The van der Waals surface area contributed by atoms with Crippen molar-refractivity contribution in [1.29, 1.82) is 0 Å². The third kappa shape index (κ3) is 4.52. The monoisotopic (exact) mass is 329 g/mol. The molecule has 0 bridgehead atoms. The number of rotatable bonds is 6. The number of aryl methyl sites for hydroxylation is 1. The van der Waals surface area contributed by atoms with Crippen LogP contribution in [0.1, 0.15) is 40.6 Å². The van der Waals surface area contributed by atoms with Crippen LogP contribution >= 0.6 is 0 Å². The molecule has 2 rings (SSSR count). The van der Waals surface area contributed by atoms with Crippen LogP contribution in [0.25, 0.3) is 0 Å². The zero-order valence-corrected chi connectivity index (χ0v) is 13.6.